The lowest BCUT2D eigenvalue weighted by Crippen LogP contribution is -2.59. The summed E-state index contributed by atoms with van der Waals surface area (Å²) in [6, 6.07) is -1.26. The molecule has 10 heteroatoms. The monoisotopic (exact) mass is 537 g/mol. The van der Waals surface area contributed by atoms with Crippen LogP contribution in [0.15, 0.2) is 12.7 Å². The van der Waals surface area contributed by atoms with Crippen molar-refractivity contribution in [1.29, 1.82) is 0 Å². The molecule has 0 aromatic heterocycles. The van der Waals surface area contributed by atoms with Gasteiger partial charge in [-0.25, -0.2) is 0 Å². The predicted molar refractivity (Wildman–Crippen MR) is 142 cm³/mol. The summed E-state index contributed by atoms with van der Waals surface area (Å²) in [5.41, 5.74) is 0. The Balaban J connectivity index is 1.71. The normalized spacial score (nSPS) is 34.1. The number of likely N-dealkylation sites (tertiary alicyclic amines) is 1. The van der Waals surface area contributed by atoms with E-state index in [0.29, 0.717) is 39.3 Å². The van der Waals surface area contributed by atoms with Crippen molar-refractivity contribution in [3.8, 4) is 0 Å². The molecule has 0 aromatic rings. The van der Waals surface area contributed by atoms with Crippen LogP contribution < -0.4 is 0 Å². The molecular weight excluding hydrogens is 494 g/mol. The topological polar surface area (TPSA) is 99.6 Å². The van der Waals surface area contributed by atoms with Crippen LogP contribution in [0.5, 0.6) is 0 Å². The average Bonchev–Trinajstić information content (AvgIpc) is 3.43. The minimum absolute atomic E-state index is 0.0560. The first-order valence-electron chi connectivity index (χ1n) is 13.6. The van der Waals surface area contributed by atoms with Crippen LogP contribution in [0.1, 0.15) is 40.5 Å². The highest BCUT2D eigenvalue weighted by Crippen LogP contribution is 2.71. The summed E-state index contributed by atoms with van der Waals surface area (Å²) in [5, 5.41) is 10.4. The van der Waals surface area contributed by atoms with Crippen LogP contribution in [0, 0.1) is 17.8 Å². The Hall–Kier alpha value is -1.62. The van der Waals surface area contributed by atoms with Crippen LogP contribution in [0.25, 0.3) is 0 Å². The highest BCUT2D eigenvalue weighted by atomic mass is 32.2. The highest BCUT2D eigenvalue weighted by molar-refractivity contribution is 8.02. The zero-order chi connectivity index (χ0) is 27.0. The first kappa shape index (κ1) is 28.4. The van der Waals surface area contributed by atoms with Crippen LogP contribution in [-0.4, -0.2) is 118 Å². The second kappa shape index (κ2) is 11.2. The van der Waals surface area contributed by atoms with Gasteiger partial charge in [-0.2, -0.15) is 0 Å². The van der Waals surface area contributed by atoms with E-state index < -0.39 is 33.4 Å². The van der Waals surface area contributed by atoms with Gasteiger partial charge in [-0.05, 0) is 32.6 Å². The minimum atomic E-state index is -0.750. The SMILES string of the molecule is C=CCN(CCN1CCOCC1)C(=O)C1N([C@@H](CO)C(C)C)C(=O)[C@@H]2[C@H](C(=O)OCC)[C@]3(C)CCC12S3. The number of carbonyl (C=O) groups is 3. The van der Waals surface area contributed by atoms with Crippen molar-refractivity contribution in [2.24, 2.45) is 17.8 Å². The molecule has 37 heavy (non-hydrogen) atoms. The maximum absolute atomic E-state index is 14.5. The third kappa shape index (κ3) is 4.83. The Morgan fingerprint density at radius 2 is 2.03 bits per heavy atom. The van der Waals surface area contributed by atoms with E-state index in [1.54, 1.807) is 34.6 Å². The van der Waals surface area contributed by atoms with Gasteiger partial charge in [0.25, 0.3) is 0 Å². The number of morpholine rings is 1. The molecule has 2 bridgehead atoms. The maximum Gasteiger partial charge on any atom is 0.311 e. The van der Waals surface area contributed by atoms with Gasteiger partial charge in [0.1, 0.15) is 6.04 Å². The number of amides is 2. The van der Waals surface area contributed by atoms with Gasteiger partial charge in [0.05, 0.1) is 49.1 Å². The Morgan fingerprint density at radius 1 is 1.32 bits per heavy atom. The van der Waals surface area contributed by atoms with E-state index in [-0.39, 0.29) is 36.9 Å². The summed E-state index contributed by atoms with van der Waals surface area (Å²) < 4.78 is 9.74. The van der Waals surface area contributed by atoms with Gasteiger partial charge in [-0.1, -0.05) is 19.9 Å². The molecule has 208 valence electrons. The van der Waals surface area contributed by atoms with Crippen LogP contribution in [0.4, 0.5) is 0 Å². The van der Waals surface area contributed by atoms with E-state index in [4.69, 9.17) is 9.47 Å². The highest BCUT2D eigenvalue weighted by Gasteiger charge is 2.78. The average molecular weight is 538 g/mol. The lowest BCUT2D eigenvalue weighted by Gasteiger charge is -2.41. The van der Waals surface area contributed by atoms with E-state index in [1.165, 1.54) is 0 Å². The zero-order valence-electron chi connectivity index (χ0n) is 22.7. The fourth-order valence-corrected chi connectivity index (χ4v) is 9.24. The number of nitrogens with zero attached hydrogens (tertiary/aromatic N) is 3. The van der Waals surface area contributed by atoms with Crippen LogP contribution in [0.3, 0.4) is 0 Å². The molecule has 0 aliphatic carbocycles. The largest absolute Gasteiger partial charge is 0.466 e. The number of thioether (sulfide) groups is 1. The van der Waals surface area contributed by atoms with Crippen molar-refractivity contribution in [2.45, 2.75) is 62.1 Å². The van der Waals surface area contributed by atoms with E-state index in [1.807, 2.05) is 20.8 Å². The molecule has 1 spiro atoms. The number of ether oxygens (including phenoxy) is 2. The van der Waals surface area contributed by atoms with E-state index in [9.17, 15) is 19.5 Å². The molecule has 2 amide bonds. The molecule has 1 N–H and O–H groups in total. The maximum atomic E-state index is 14.5. The number of aliphatic hydroxyl groups excluding tert-OH is 1. The van der Waals surface area contributed by atoms with Crippen molar-refractivity contribution < 1.29 is 29.0 Å². The molecule has 4 heterocycles. The smallest absolute Gasteiger partial charge is 0.311 e. The lowest BCUT2D eigenvalue weighted by atomic mass is 9.66. The lowest BCUT2D eigenvalue weighted by molar-refractivity contribution is -0.155. The fourth-order valence-electron chi connectivity index (χ4n) is 6.92. The third-order valence-electron chi connectivity index (χ3n) is 8.75. The fraction of sp³-hybridized carbons (Fsp3) is 0.815. The Labute approximate surface area is 224 Å². The summed E-state index contributed by atoms with van der Waals surface area (Å²) in [6.07, 6.45) is 3.14. The van der Waals surface area contributed by atoms with Crippen LogP contribution in [0.2, 0.25) is 0 Å². The van der Waals surface area contributed by atoms with E-state index >= 15 is 0 Å². The van der Waals surface area contributed by atoms with Crippen molar-refractivity contribution in [1.82, 2.24) is 14.7 Å². The van der Waals surface area contributed by atoms with Crippen molar-refractivity contribution in [3.05, 3.63) is 12.7 Å². The summed E-state index contributed by atoms with van der Waals surface area (Å²) in [7, 11) is 0. The number of fused-ring (bicyclic) bond motifs is 1. The quantitative estimate of drug-likeness (QED) is 0.312. The Kier molecular flexibility index (Phi) is 8.62. The first-order chi connectivity index (χ1) is 17.6. The standard InChI is InChI=1S/C27H43N3O6S/c1-6-10-29(12-11-28-13-15-35-16-14-28)24(33)22-27-9-8-26(5,37-27)21(25(34)36-7-2)20(27)23(32)30(22)19(17-31)18(3)4/h6,18-22,31H,1,7-17H2,2-5H3/t19-,20-,21+,22?,26-,27?/m0/s1. The number of aliphatic hydroxyl groups is 1. The molecular formula is C27H43N3O6S. The van der Waals surface area contributed by atoms with Gasteiger partial charge in [-0.3, -0.25) is 19.3 Å². The molecule has 4 aliphatic heterocycles. The molecule has 2 unspecified atom stereocenters. The van der Waals surface area contributed by atoms with Gasteiger partial charge in [-0.15, -0.1) is 18.3 Å². The van der Waals surface area contributed by atoms with Gasteiger partial charge in [0.2, 0.25) is 11.8 Å². The molecule has 0 saturated carbocycles. The number of esters is 1. The van der Waals surface area contributed by atoms with Gasteiger partial charge in [0.15, 0.2) is 0 Å². The number of hydrogen-bond donors (Lipinski definition) is 1. The summed E-state index contributed by atoms with van der Waals surface area (Å²) >= 11 is 1.63. The molecule has 6 atom stereocenters. The van der Waals surface area contributed by atoms with Crippen molar-refractivity contribution in [2.75, 3.05) is 59.2 Å². The van der Waals surface area contributed by atoms with E-state index in [0.717, 1.165) is 19.5 Å². The summed E-state index contributed by atoms with van der Waals surface area (Å²) in [5.74, 6) is -1.98. The molecule has 4 saturated heterocycles. The Bertz CT molecular complexity index is 895. The third-order valence-corrected chi connectivity index (χ3v) is 10.7. The van der Waals surface area contributed by atoms with E-state index in [2.05, 4.69) is 11.5 Å². The first-order valence-corrected chi connectivity index (χ1v) is 14.5. The second-order valence-electron chi connectivity index (χ2n) is 11.2. The number of carbonyl (C=O) groups excluding carboxylic acids is 3. The molecule has 0 aromatic carbocycles. The molecule has 4 rings (SSSR count). The van der Waals surface area contributed by atoms with Gasteiger partial charge >= 0.3 is 5.97 Å². The molecule has 4 aliphatic rings. The summed E-state index contributed by atoms with van der Waals surface area (Å²) in [6.45, 7) is 16.2. The number of hydrogen-bond acceptors (Lipinski definition) is 8. The summed E-state index contributed by atoms with van der Waals surface area (Å²) in [4.78, 5) is 47.6. The second-order valence-corrected chi connectivity index (χ2v) is 13.1. The Morgan fingerprint density at radius 3 is 2.62 bits per heavy atom. The van der Waals surface area contributed by atoms with Crippen molar-refractivity contribution >= 4 is 29.5 Å². The molecule has 9 nitrogen and oxygen atoms in total. The van der Waals surface area contributed by atoms with Crippen LogP contribution >= 0.6 is 11.8 Å². The van der Waals surface area contributed by atoms with Gasteiger partial charge in [0, 0.05) is 37.5 Å². The zero-order valence-corrected chi connectivity index (χ0v) is 23.5. The minimum Gasteiger partial charge on any atom is -0.466 e. The van der Waals surface area contributed by atoms with Crippen LogP contribution in [-0.2, 0) is 23.9 Å². The van der Waals surface area contributed by atoms with Gasteiger partial charge < -0.3 is 24.4 Å². The predicted octanol–water partition coefficient (Wildman–Crippen LogP) is 1.39. The van der Waals surface area contributed by atoms with Crippen molar-refractivity contribution in [3.63, 3.8) is 0 Å². The number of rotatable bonds is 11. The molecule has 0 radical (unpaired) electrons. The molecule has 4 fully saturated rings.